The van der Waals surface area contributed by atoms with Gasteiger partial charge in [-0.25, -0.2) is 4.79 Å². The molecule has 0 saturated carbocycles. The van der Waals surface area contributed by atoms with Crippen LogP contribution in [0.2, 0.25) is 5.02 Å². The lowest BCUT2D eigenvalue weighted by molar-refractivity contribution is -0.119. The normalized spacial score (nSPS) is 9.71. The minimum absolute atomic E-state index is 0.235. The molecule has 0 radical (unpaired) electrons. The van der Waals surface area contributed by atoms with Crippen molar-refractivity contribution in [3.8, 4) is 6.07 Å². The number of benzene rings is 1. The van der Waals surface area contributed by atoms with E-state index in [0.717, 1.165) is 0 Å². The molecule has 0 bridgehead atoms. The molecule has 0 aliphatic rings. The molecule has 6 nitrogen and oxygen atoms in total. The van der Waals surface area contributed by atoms with Crippen molar-refractivity contribution >= 4 is 29.2 Å². The van der Waals surface area contributed by atoms with Gasteiger partial charge in [-0.15, -0.1) is 0 Å². The Labute approximate surface area is 125 Å². The minimum Gasteiger partial charge on any atom is -0.451 e. The summed E-state index contributed by atoms with van der Waals surface area (Å²) in [7, 11) is 0. The van der Waals surface area contributed by atoms with Gasteiger partial charge in [-0.3, -0.25) is 4.79 Å². The van der Waals surface area contributed by atoms with E-state index < -0.39 is 18.5 Å². The number of carbonyl (C=O) groups excluding carboxylic acids is 2. The number of aromatic amines is 1. The maximum atomic E-state index is 11.6. The lowest BCUT2D eigenvalue weighted by Crippen LogP contribution is -2.21. The molecule has 0 aliphatic carbocycles. The molecule has 2 rings (SSSR count). The molecule has 0 saturated heterocycles. The van der Waals surface area contributed by atoms with Crippen molar-refractivity contribution in [2.24, 2.45) is 0 Å². The lowest BCUT2D eigenvalue weighted by atomic mass is 10.2. The number of nitrogens with one attached hydrogen (secondary N) is 2. The van der Waals surface area contributed by atoms with Crippen LogP contribution in [0.3, 0.4) is 0 Å². The number of aromatic nitrogens is 1. The molecule has 7 heteroatoms. The van der Waals surface area contributed by atoms with Crippen molar-refractivity contribution in [2.45, 2.75) is 0 Å². The van der Waals surface area contributed by atoms with Crippen molar-refractivity contribution in [2.75, 3.05) is 11.9 Å². The van der Waals surface area contributed by atoms with Crippen LogP contribution in [0.4, 0.5) is 5.69 Å². The van der Waals surface area contributed by atoms with Crippen molar-refractivity contribution in [1.82, 2.24) is 4.98 Å². The van der Waals surface area contributed by atoms with Crippen LogP contribution in [0.15, 0.2) is 36.5 Å². The van der Waals surface area contributed by atoms with Gasteiger partial charge in [0.15, 0.2) is 6.61 Å². The average Bonchev–Trinajstić information content (AvgIpc) is 2.99. The highest BCUT2D eigenvalue weighted by atomic mass is 35.5. The van der Waals surface area contributed by atoms with Crippen LogP contribution in [0, 0.1) is 11.3 Å². The highest BCUT2D eigenvalue weighted by Crippen LogP contribution is 2.20. The number of nitriles is 1. The van der Waals surface area contributed by atoms with Gasteiger partial charge in [0.1, 0.15) is 11.8 Å². The van der Waals surface area contributed by atoms with Gasteiger partial charge in [0.2, 0.25) is 0 Å². The second-order valence-corrected chi connectivity index (χ2v) is 4.42. The summed E-state index contributed by atoms with van der Waals surface area (Å²) in [6.45, 7) is -0.421. The second-order valence-electron chi connectivity index (χ2n) is 4.01. The van der Waals surface area contributed by atoms with Gasteiger partial charge in [0, 0.05) is 11.9 Å². The van der Waals surface area contributed by atoms with Crippen molar-refractivity contribution in [3.05, 3.63) is 52.8 Å². The number of esters is 1. The Balaban J connectivity index is 1.89. The summed E-state index contributed by atoms with van der Waals surface area (Å²) in [6, 6.07) is 9.58. The fourth-order valence-electron chi connectivity index (χ4n) is 1.55. The first-order valence-electron chi connectivity index (χ1n) is 5.90. The van der Waals surface area contributed by atoms with Gasteiger partial charge in [0.05, 0.1) is 10.6 Å². The van der Waals surface area contributed by atoms with Gasteiger partial charge < -0.3 is 15.0 Å². The summed E-state index contributed by atoms with van der Waals surface area (Å²) >= 11 is 5.84. The van der Waals surface area contributed by atoms with Crippen molar-refractivity contribution < 1.29 is 14.3 Å². The summed E-state index contributed by atoms with van der Waals surface area (Å²) in [5.74, 6) is -1.12. The predicted octanol–water partition coefficient (Wildman–Crippen LogP) is 2.34. The number of carbonyl (C=O) groups is 2. The number of halogens is 1. The van der Waals surface area contributed by atoms with E-state index in [1.165, 1.54) is 18.2 Å². The van der Waals surface area contributed by atoms with Crippen LogP contribution in [0.5, 0.6) is 0 Å². The molecule has 0 fully saturated rings. The molecule has 1 amide bonds. The quantitative estimate of drug-likeness (QED) is 0.847. The number of nitrogens with zero attached hydrogens (tertiary/aromatic N) is 1. The Hall–Kier alpha value is -2.78. The molecule has 0 aliphatic heterocycles. The molecule has 0 atom stereocenters. The van der Waals surface area contributed by atoms with Crippen molar-refractivity contribution in [1.29, 1.82) is 5.26 Å². The van der Waals surface area contributed by atoms with E-state index >= 15 is 0 Å². The van der Waals surface area contributed by atoms with Gasteiger partial charge in [0.25, 0.3) is 5.91 Å². The minimum atomic E-state index is -0.618. The molecular weight excluding hydrogens is 294 g/mol. The third kappa shape index (κ3) is 3.84. The first-order valence-corrected chi connectivity index (χ1v) is 6.28. The van der Waals surface area contributed by atoms with Crippen LogP contribution >= 0.6 is 11.6 Å². The molecule has 2 aromatic rings. The first kappa shape index (κ1) is 14.6. The first-order chi connectivity index (χ1) is 10.1. The average molecular weight is 304 g/mol. The van der Waals surface area contributed by atoms with E-state index in [-0.39, 0.29) is 10.7 Å². The Morgan fingerprint density at radius 1 is 1.38 bits per heavy atom. The second kappa shape index (κ2) is 6.59. The van der Waals surface area contributed by atoms with E-state index in [4.69, 9.17) is 21.6 Å². The number of H-pyrrole nitrogens is 1. The Morgan fingerprint density at radius 2 is 2.19 bits per heavy atom. The van der Waals surface area contributed by atoms with Crippen LogP contribution in [0.25, 0.3) is 0 Å². The largest absolute Gasteiger partial charge is 0.451 e. The monoisotopic (exact) mass is 303 g/mol. The zero-order valence-corrected chi connectivity index (χ0v) is 11.5. The van der Waals surface area contributed by atoms with Crippen LogP contribution in [-0.4, -0.2) is 23.5 Å². The molecule has 1 heterocycles. The molecule has 0 spiro atoms. The van der Waals surface area contributed by atoms with Crippen molar-refractivity contribution in [3.63, 3.8) is 0 Å². The molecule has 2 N–H and O–H groups in total. The third-order valence-corrected chi connectivity index (χ3v) is 2.84. The highest BCUT2D eigenvalue weighted by molar-refractivity contribution is 6.32. The Kier molecular flexibility index (Phi) is 4.59. The van der Waals surface area contributed by atoms with Gasteiger partial charge in [-0.05, 0) is 30.3 Å². The zero-order chi connectivity index (χ0) is 15.2. The maximum absolute atomic E-state index is 11.6. The highest BCUT2D eigenvalue weighted by Gasteiger charge is 2.11. The molecule has 106 valence electrons. The number of ether oxygens (including phenoxy) is 1. The topological polar surface area (TPSA) is 95.0 Å². The number of rotatable bonds is 4. The smallest absolute Gasteiger partial charge is 0.355 e. The standard InChI is InChI=1S/C14H10ClN3O3/c15-11-6-10(4-3-9(11)7-16)18-13(19)8-21-14(20)12-2-1-5-17-12/h1-6,17H,8H2,(H,18,19). The van der Waals surface area contributed by atoms with Crippen LogP contribution < -0.4 is 5.32 Å². The van der Waals surface area contributed by atoms with E-state index in [1.54, 1.807) is 18.3 Å². The fraction of sp³-hybridized carbons (Fsp3) is 0.0714. The molecule has 21 heavy (non-hydrogen) atoms. The predicted molar refractivity (Wildman–Crippen MR) is 75.9 cm³/mol. The summed E-state index contributed by atoms with van der Waals surface area (Å²) < 4.78 is 4.83. The van der Waals surface area contributed by atoms with Gasteiger partial charge >= 0.3 is 5.97 Å². The number of hydrogen-bond donors (Lipinski definition) is 2. The Bertz CT molecular complexity index is 705. The zero-order valence-electron chi connectivity index (χ0n) is 10.7. The molecule has 1 aromatic heterocycles. The summed E-state index contributed by atoms with van der Waals surface area (Å²) in [6.07, 6.45) is 1.58. The van der Waals surface area contributed by atoms with E-state index in [9.17, 15) is 9.59 Å². The maximum Gasteiger partial charge on any atom is 0.355 e. The Morgan fingerprint density at radius 3 is 2.81 bits per heavy atom. The number of anilines is 1. The summed E-state index contributed by atoms with van der Waals surface area (Å²) in [5.41, 5.74) is 0.997. The number of hydrogen-bond acceptors (Lipinski definition) is 4. The number of amides is 1. The third-order valence-electron chi connectivity index (χ3n) is 2.53. The van der Waals surface area contributed by atoms with Gasteiger partial charge in [-0.1, -0.05) is 11.6 Å². The lowest BCUT2D eigenvalue weighted by Gasteiger charge is -2.06. The fourth-order valence-corrected chi connectivity index (χ4v) is 1.77. The molecule has 1 aromatic carbocycles. The van der Waals surface area contributed by atoms with E-state index in [1.807, 2.05) is 6.07 Å². The van der Waals surface area contributed by atoms with Crippen LogP contribution in [0.1, 0.15) is 16.1 Å². The van der Waals surface area contributed by atoms with E-state index in [0.29, 0.717) is 11.3 Å². The molecule has 0 unspecified atom stereocenters. The SMILES string of the molecule is N#Cc1ccc(NC(=O)COC(=O)c2ccc[nH]2)cc1Cl. The molecular formula is C14H10ClN3O3. The van der Waals surface area contributed by atoms with Gasteiger partial charge in [-0.2, -0.15) is 5.26 Å². The van der Waals surface area contributed by atoms with E-state index in [2.05, 4.69) is 10.3 Å². The van der Waals surface area contributed by atoms with Crippen LogP contribution in [-0.2, 0) is 9.53 Å². The summed E-state index contributed by atoms with van der Waals surface area (Å²) in [5, 5.41) is 11.5. The summed E-state index contributed by atoms with van der Waals surface area (Å²) in [4.78, 5) is 25.8.